The summed E-state index contributed by atoms with van der Waals surface area (Å²) in [4.78, 5) is 30.2. The molecule has 0 unspecified atom stereocenters. The number of hydrogen-bond donors (Lipinski definition) is 0. The molecule has 2 aromatic rings. The first-order valence-electron chi connectivity index (χ1n) is 10.2. The highest BCUT2D eigenvalue weighted by molar-refractivity contribution is 8.18. The SMILES string of the molecule is CCCCN=C1S/C(=C/c2ccc(-c3ccc([N+](=O)[O-])cc3Cl)o2)C(=O)N1CCCC. The minimum Gasteiger partial charge on any atom is -0.457 e. The summed E-state index contributed by atoms with van der Waals surface area (Å²) in [5.41, 5.74) is 0.464. The van der Waals surface area contributed by atoms with Crippen LogP contribution in [0.4, 0.5) is 5.69 Å². The number of hydrogen-bond acceptors (Lipinski definition) is 6. The fourth-order valence-electron chi connectivity index (χ4n) is 2.99. The van der Waals surface area contributed by atoms with Crippen molar-refractivity contribution in [1.29, 1.82) is 0 Å². The highest BCUT2D eigenvalue weighted by Crippen LogP contribution is 2.36. The van der Waals surface area contributed by atoms with Crippen LogP contribution in [-0.2, 0) is 4.79 Å². The van der Waals surface area contributed by atoms with E-state index in [2.05, 4.69) is 18.8 Å². The van der Waals surface area contributed by atoms with Gasteiger partial charge >= 0.3 is 0 Å². The summed E-state index contributed by atoms with van der Waals surface area (Å²) >= 11 is 7.56. The standard InChI is InChI=1S/C22H24ClN3O4S/c1-3-5-11-24-22-25(12-6-4-2)21(27)20(31-22)14-16-8-10-19(30-16)17-9-7-15(26(28)29)13-18(17)23/h7-10,13-14H,3-6,11-12H2,1-2H3/b20-14+,24-22?. The van der Waals surface area contributed by atoms with E-state index >= 15 is 0 Å². The molecule has 31 heavy (non-hydrogen) atoms. The van der Waals surface area contributed by atoms with Crippen LogP contribution in [0.25, 0.3) is 17.4 Å². The molecule has 1 aliphatic heterocycles. The fraction of sp³-hybridized carbons (Fsp3) is 0.364. The number of carbonyl (C=O) groups is 1. The van der Waals surface area contributed by atoms with Crippen molar-refractivity contribution in [3.8, 4) is 11.3 Å². The number of furan rings is 1. The van der Waals surface area contributed by atoms with Crippen molar-refractivity contribution in [2.75, 3.05) is 13.1 Å². The number of benzene rings is 1. The van der Waals surface area contributed by atoms with E-state index in [0.717, 1.165) is 30.9 Å². The Morgan fingerprint density at radius 2 is 2.00 bits per heavy atom. The van der Waals surface area contributed by atoms with Crippen LogP contribution in [0.2, 0.25) is 5.02 Å². The van der Waals surface area contributed by atoms with Gasteiger partial charge in [0.2, 0.25) is 0 Å². The molecule has 0 saturated carbocycles. The van der Waals surface area contributed by atoms with Crippen molar-refractivity contribution in [2.24, 2.45) is 4.99 Å². The van der Waals surface area contributed by atoms with Gasteiger partial charge in [-0.3, -0.25) is 24.8 Å². The van der Waals surface area contributed by atoms with Gasteiger partial charge in [0.15, 0.2) is 5.17 Å². The van der Waals surface area contributed by atoms with E-state index in [1.54, 1.807) is 29.2 Å². The fourth-order valence-corrected chi connectivity index (χ4v) is 4.27. The Hall–Kier alpha value is -2.58. The molecule has 0 atom stereocenters. The second-order valence-electron chi connectivity index (χ2n) is 7.06. The lowest BCUT2D eigenvalue weighted by molar-refractivity contribution is -0.384. The molecule has 1 aromatic carbocycles. The van der Waals surface area contributed by atoms with Crippen LogP contribution in [0.1, 0.15) is 45.3 Å². The molecule has 2 heterocycles. The molecule has 1 amide bonds. The Kier molecular flexibility index (Phi) is 7.92. The molecule has 0 spiro atoms. The van der Waals surface area contributed by atoms with E-state index in [4.69, 9.17) is 16.0 Å². The molecule has 7 nitrogen and oxygen atoms in total. The van der Waals surface area contributed by atoms with Gasteiger partial charge in [0.1, 0.15) is 11.5 Å². The average Bonchev–Trinajstić information content (AvgIpc) is 3.32. The number of amidine groups is 1. The molecular formula is C22H24ClN3O4S. The van der Waals surface area contributed by atoms with Gasteiger partial charge in [-0.15, -0.1) is 0 Å². The Morgan fingerprint density at radius 3 is 2.68 bits per heavy atom. The van der Waals surface area contributed by atoms with Crippen molar-refractivity contribution in [2.45, 2.75) is 39.5 Å². The predicted molar refractivity (Wildman–Crippen MR) is 125 cm³/mol. The molecule has 0 aliphatic carbocycles. The Morgan fingerprint density at radius 1 is 1.23 bits per heavy atom. The minimum atomic E-state index is -0.499. The molecule has 164 valence electrons. The monoisotopic (exact) mass is 461 g/mol. The normalized spacial score (nSPS) is 16.6. The number of nitro benzene ring substituents is 1. The van der Waals surface area contributed by atoms with E-state index in [0.29, 0.717) is 35.1 Å². The lowest BCUT2D eigenvalue weighted by Crippen LogP contribution is -2.30. The number of nitro groups is 1. The van der Waals surface area contributed by atoms with Crippen LogP contribution < -0.4 is 0 Å². The molecule has 1 aliphatic rings. The second kappa shape index (κ2) is 10.6. The summed E-state index contributed by atoms with van der Waals surface area (Å²) in [5, 5.41) is 11.9. The molecule has 3 rings (SSSR count). The first-order chi connectivity index (χ1) is 14.9. The summed E-state index contributed by atoms with van der Waals surface area (Å²) in [6, 6.07) is 7.70. The van der Waals surface area contributed by atoms with Crippen molar-refractivity contribution >= 4 is 46.2 Å². The number of aliphatic imine (C=N–C) groups is 1. The highest BCUT2D eigenvalue weighted by Gasteiger charge is 2.33. The second-order valence-corrected chi connectivity index (χ2v) is 8.48. The first-order valence-corrected chi connectivity index (χ1v) is 11.4. The van der Waals surface area contributed by atoms with Gasteiger partial charge in [0, 0.05) is 36.9 Å². The van der Waals surface area contributed by atoms with E-state index in [-0.39, 0.29) is 16.6 Å². The first kappa shape index (κ1) is 23.1. The Labute approximate surface area is 190 Å². The number of carbonyl (C=O) groups excluding carboxylic acids is 1. The number of unbranched alkanes of at least 4 members (excludes halogenated alkanes) is 2. The highest BCUT2D eigenvalue weighted by atomic mass is 35.5. The van der Waals surface area contributed by atoms with Crippen LogP contribution in [0.5, 0.6) is 0 Å². The summed E-state index contributed by atoms with van der Waals surface area (Å²) in [6.07, 6.45) is 5.64. The van der Waals surface area contributed by atoms with Crippen molar-refractivity contribution < 1.29 is 14.1 Å². The topological polar surface area (TPSA) is 89.0 Å². The molecule has 1 saturated heterocycles. The summed E-state index contributed by atoms with van der Waals surface area (Å²) in [7, 11) is 0. The maximum atomic E-state index is 12.9. The third-order valence-corrected chi connectivity index (χ3v) is 6.07. The van der Waals surface area contributed by atoms with Crippen LogP contribution in [0, 0.1) is 10.1 Å². The van der Waals surface area contributed by atoms with E-state index < -0.39 is 4.92 Å². The lowest BCUT2D eigenvalue weighted by Gasteiger charge is -2.14. The molecule has 0 radical (unpaired) electrons. The summed E-state index contributed by atoms with van der Waals surface area (Å²) < 4.78 is 5.86. The zero-order valence-electron chi connectivity index (χ0n) is 17.5. The van der Waals surface area contributed by atoms with Crippen molar-refractivity contribution in [1.82, 2.24) is 4.90 Å². The van der Waals surface area contributed by atoms with Crippen LogP contribution in [0.15, 0.2) is 44.6 Å². The Balaban J connectivity index is 1.83. The van der Waals surface area contributed by atoms with Gasteiger partial charge in [-0.25, -0.2) is 0 Å². The van der Waals surface area contributed by atoms with E-state index in [9.17, 15) is 14.9 Å². The molecule has 1 fully saturated rings. The van der Waals surface area contributed by atoms with E-state index in [1.807, 2.05) is 0 Å². The van der Waals surface area contributed by atoms with Crippen molar-refractivity contribution in [3.05, 3.63) is 56.1 Å². The minimum absolute atomic E-state index is 0.0694. The number of halogens is 1. The van der Waals surface area contributed by atoms with Crippen LogP contribution in [0.3, 0.4) is 0 Å². The van der Waals surface area contributed by atoms with Crippen molar-refractivity contribution in [3.63, 3.8) is 0 Å². The number of non-ortho nitro benzene ring substituents is 1. The predicted octanol–water partition coefficient (Wildman–Crippen LogP) is 6.38. The van der Waals surface area contributed by atoms with Gasteiger partial charge in [-0.05, 0) is 42.8 Å². The summed E-state index contributed by atoms with van der Waals surface area (Å²) in [6.45, 7) is 5.54. The maximum absolute atomic E-state index is 12.9. The smallest absolute Gasteiger partial charge is 0.270 e. The zero-order valence-corrected chi connectivity index (χ0v) is 19.0. The Bertz CT molecular complexity index is 1030. The summed E-state index contributed by atoms with van der Waals surface area (Å²) in [5.74, 6) is 0.910. The maximum Gasteiger partial charge on any atom is 0.270 e. The average molecular weight is 462 g/mol. The lowest BCUT2D eigenvalue weighted by atomic mass is 10.1. The van der Waals surface area contributed by atoms with Gasteiger partial charge in [0.05, 0.1) is 14.9 Å². The van der Waals surface area contributed by atoms with Gasteiger partial charge < -0.3 is 4.42 Å². The van der Waals surface area contributed by atoms with Crippen LogP contribution >= 0.6 is 23.4 Å². The van der Waals surface area contributed by atoms with Gasteiger partial charge in [-0.1, -0.05) is 38.3 Å². The van der Waals surface area contributed by atoms with Gasteiger partial charge in [0.25, 0.3) is 11.6 Å². The molecule has 0 bridgehead atoms. The molecule has 1 aromatic heterocycles. The number of rotatable bonds is 9. The zero-order chi connectivity index (χ0) is 22.4. The molecular weight excluding hydrogens is 438 g/mol. The van der Waals surface area contributed by atoms with Gasteiger partial charge in [-0.2, -0.15) is 0 Å². The molecule has 0 N–H and O–H groups in total. The number of nitrogens with zero attached hydrogens (tertiary/aromatic N) is 3. The largest absolute Gasteiger partial charge is 0.457 e. The van der Waals surface area contributed by atoms with E-state index in [1.165, 1.54) is 23.9 Å². The third-order valence-electron chi connectivity index (χ3n) is 4.71. The molecule has 9 heteroatoms. The quantitative estimate of drug-likeness (QED) is 0.187. The van der Waals surface area contributed by atoms with Crippen LogP contribution in [-0.4, -0.2) is 34.0 Å². The third kappa shape index (κ3) is 5.57. The number of amides is 1. The number of thioether (sulfide) groups is 1.